The predicted molar refractivity (Wildman–Crippen MR) is 84.5 cm³/mol. The smallest absolute Gasteiger partial charge is 0.373 e. The maximum absolute atomic E-state index is 12.0. The van der Waals surface area contributed by atoms with Gasteiger partial charge in [0.1, 0.15) is 0 Å². The van der Waals surface area contributed by atoms with Crippen molar-refractivity contribution in [1.29, 1.82) is 0 Å². The predicted octanol–water partition coefficient (Wildman–Crippen LogP) is 0.245. The van der Waals surface area contributed by atoms with Gasteiger partial charge in [-0.2, -0.15) is 0 Å². The molecule has 1 saturated carbocycles. The quantitative estimate of drug-likeness (QED) is 0.463. The second kappa shape index (κ2) is 7.96. The number of hydrazine groups is 1. The van der Waals surface area contributed by atoms with Crippen molar-refractivity contribution in [3.63, 3.8) is 0 Å². The van der Waals surface area contributed by atoms with Crippen LogP contribution in [-0.4, -0.2) is 29.9 Å². The molecule has 2 atom stereocenters. The molecule has 0 saturated heterocycles. The molecule has 1 aliphatic carbocycles. The topological polar surface area (TPSA) is 90.5 Å². The first-order valence-electron chi connectivity index (χ1n) is 7.61. The average Bonchev–Trinajstić information content (AvgIpc) is 2.93. The average molecular weight is 303 g/mol. The SMILES string of the molecule is CB(O)NC1CCC(C(=O)NNC(=O)Cc2ccccc2)C1. The number of carbonyl (C=O) groups is 2. The van der Waals surface area contributed by atoms with Gasteiger partial charge in [-0.25, -0.2) is 0 Å². The van der Waals surface area contributed by atoms with Gasteiger partial charge < -0.3 is 10.3 Å². The minimum absolute atomic E-state index is 0.131. The molecular formula is C15H22BN3O3. The molecule has 0 heterocycles. The molecule has 118 valence electrons. The van der Waals surface area contributed by atoms with Crippen molar-refractivity contribution in [2.45, 2.75) is 38.5 Å². The summed E-state index contributed by atoms with van der Waals surface area (Å²) in [4.78, 5) is 23.8. The van der Waals surface area contributed by atoms with Crippen molar-refractivity contribution in [3.8, 4) is 0 Å². The van der Waals surface area contributed by atoms with Gasteiger partial charge >= 0.3 is 7.05 Å². The molecule has 22 heavy (non-hydrogen) atoms. The van der Waals surface area contributed by atoms with Crippen LogP contribution in [-0.2, 0) is 16.0 Å². The van der Waals surface area contributed by atoms with E-state index in [0.717, 1.165) is 18.4 Å². The van der Waals surface area contributed by atoms with Crippen molar-refractivity contribution in [2.75, 3.05) is 0 Å². The fourth-order valence-corrected chi connectivity index (χ4v) is 2.77. The Morgan fingerprint density at radius 2 is 1.95 bits per heavy atom. The first-order chi connectivity index (χ1) is 10.5. The number of amides is 2. The highest BCUT2D eigenvalue weighted by molar-refractivity contribution is 6.45. The van der Waals surface area contributed by atoms with Crippen LogP contribution in [0.4, 0.5) is 0 Å². The summed E-state index contributed by atoms with van der Waals surface area (Å²) in [7, 11) is -0.572. The number of hydrogen-bond donors (Lipinski definition) is 4. The molecule has 0 radical (unpaired) electrons. The van der Waals surface area contributed by atoms with E-state index in [2.05, 4.69) is 16.1 Å². The standard InChI is InChI=1S/C15H22BN3O3/c1-16(22)17-13-8-7-12(10-13)15(21)19-18-14(20)9-11-5-3-2-4-6-11/h2-6,12-13,17,22H,7-10H2,1H3,(H,18,20)(H,19,21). The Kier molecular flexibility index (Phi) is 5.97. The zero-order valence-electron chi connectivity index (χ0n) is 12.7. The Morgan fingerprint density at radius 1 is 1.23 bits per heavy atom. The largest absolute Gasteiger partial charge is 0.437 e. The van der Waals surface area contributed by atoms with Gasteiger partial charge in [0.15, 0.2) is 0 Å². The lowest BCUT2D eigenvalue weighted by atomic mass is 9.87. The van der Waals surface area contributed by atoms with Crippen molar-refractivity contribution in [1.82, 2.24) is 16.1 Å². The molecule has 6 nitrogen and oxygen atoms in total. The van der Waals surface area contributed by atoms with Crippen molar-refractivity contribution >= 4 is 18.9 Å². The molecule has 0 spiro atoms. The summed E-state index contributed by atoms with van der Waals surface area (Å²) < 4.78 is 0. The second-order valence-electron chi connectivity index (χ2n) is 5.75. The minimum Gasteiger partial charge on any atom is -0.437 e. The van der Waals surface area contributed by atoms with E-state index in [-0.39, 0.29) is 30.2 Å². The summed E-state index contributed by atoms with van der Waals surface area (Å²) in [5.74, 6) is -0.541. The molecule has 1 aliphatic rings. The van der Waals surface area contributed by atoms with Gasteiger partial charge in [-0.15, -0.1) is 0 Å². The van der Waals surface area contributed by atoms with Crippen LogP contribution in [0.15, 0.2) is 30.3 Å². The fourth-order valence-electron chi connectivity index (χ4n) is 2.77. The van der Waals surface area contributed by atoms with Crippen LogP contribution in [0.3, 0.4) is 0 Å². The van der Waals surface area contributed by atoms with Crippen molar-refractivity contribution in [3.05, 3.63) is 35.9 Å². The molecule has 0 aliphatic heterocycles. The number of benzene rings is 1. The maximum Gasteiger partial charge on any atom is 0.373 e. The number of rotatable bonds is 5. The van der Waals surface area contributed by atoms with E-state index < -0.39 is 7.05 Å². The lowest BCUT2D eigenvalue weighted by Gasteiger charge is -2.14. The zero-order valence-corrected chi connectivity index (χ0v) is 12.7. The summed E-state index contributed by atoms with van der Waals surface area (Å²) in [5.41, 5.74) is 5.84. The van der Waals surface area contributed by atoms with E-state index in [9.17, 15) is 14.6 Å². The van der Waals surface area contributed by atoms with E-state index >= 15 is 0 Å². The molecular weight excluding hydrogens is 281 g/mol. The van der Waals surface area contributed by atoms with Crippen LogP contribution in [0.25, 0.3) is 0 Å². The number of hydrogen-bond acceptors (Lipinski definition) is 4. The Morgan fingerprint density at radius 3 is 2.64 bits per heavy atom. The highest BCUT2D eigenvalue weighted by Gasteiger charge is 2.30. The van der Waals surface area contributed by atoms with Gasteiger partial charge in [0.05, 0.1) is 6.42 Å². The first kappa shape index (κ1) is 16.5. The third-order valence-electron chi connectivity index (χ3n) is 3.81. The van der Waals surface area contributed by atoms with Crippen LogP contribution in [0, 0.1) is 5.92 Å². The summed E-state index contributed by atoms with van der Waals surface area (Å²) in [6.07, 6.45) is 2.51. The Bertz CT molecular complexity index is 510. The van der Waals surface area contributed by atoms with Crippen molar-refractivity contribution in [2.24, 2.45) is 5.92 Å². The molecule has 2 rings (SSSR count). The molecule has 2 amide bonds. The zero-order chi connectivity index (χ0) is 15.9. The Balaban J connectivity index is 1.70. The molecule has 1 fully saturated rings. The highest BCUT2D eigenvalue weighted by atomic mass is 16.2. The summed E-state index contributed by atoms with van der Waals surface area (Å²) in [5, 5.41) is 12.3. The van der Waals surface area contributed by atoms with Crippen LogP contribution >= 0.6 is 0 Å². The van der Waals surface area contributed by atoms with Gasteiger partial charge in [0.2, 0.25) is 11.8 Å². The lowest BCUT2D eigenvalue weighted by Crippen LogP contribution is -2.45. The van der Waals surface area contributed by atoms with Gasteiger partial charge in [-0.1, -0.05) is 30.3 Å². The molecule has 4 N–H and O–H groups in total. The van der Waals surface area contributed by atoms with Gasteiger partial charge in [0.25, 0.3) is 0 Å². The third kappa shape index (κ3) is 5.16. The Labute approximate surface area is 130 Å². The van der Waals surface area contributed by atoms with Crippen LogP contribution < -0.4 is 16.1 Å². The maximum atomic E-state index is 12.0. The van der Waals surface area contributed by atoms with Gasteiger partial charge in [0, 0.05) is 5.92 Å². The molecule has 0 aromatic heterocycles. The van der Waals surface area contributed by atoms with Gasteiger partial charge in [-0.05, 0) is 37.7 Å². The molecule has 0 bridgehead atoms. The minimum atomic E-state index is -0.572. The fraction of sp³-hybridized carbons (Fsp3) is 0.467. The molecule has 2 unspecified atom stereocenters. The second-order valence-corrected chi connectivity index (χ2v) is 5.75. The Hall–Kier alpha value is -1.86. The molecule has 1 aromatic carbocycles. The summed E-state index contributed by atoms with van der Waals surface area (Å²) >= 11 is 0. The van der Waals surface area contributed by atoms with Crippen molar-refractivity contribution < 1.29 is 14.6 Å². The van der Waals surface area contributed by atoms with E-state index in [1.165, 1.54) is 0 Å². The number of carbonyl (C=O) groups excluding carboxylic acids is 2. The molecule has 1 aromatic rings. The van der Waals surface area contributed by atoms with E-state index in [4.69, 9.17) is 0 Å². The first-order valence-corrected chi connectivity index (χ1v) is 7.61. The monoisotopic (exact) mass is 303 g/mol. The third-order valence-corrected chi connectivity index (χ3v) is 3.81. The van der Waals surface area contributed by atoms with Gasteiger partial charge in [-0.3, -0.25) is 20.4 Å². The van der Waals surface area contributed by atoms with E-state index in [1.807, 2.05) is 30.3 Å². The van der Waals surface area contributed by atoms with Crippen LogP contribution in [0.2, 0.25) is 6.82 Å². The lowest BCUT2D eigenvalue weighted by molar-refractivity contribution is -0.130. The summed E-state index contributed by atoms with van der Waals surface area (Å²) in [6, 6.07) is 9.51. The van der Waals surface area contributed by atoms with E-state index in [0.29, 0.717) is 6.42 Å². The normalized spacial score (nSPS) is 20.5. The summed E-state index contributed by atoms with van der Waals surface area (Å²) in [6.45, 7) is 1.66. The van der Waals surface area contributed by atoms with Crippen LogP contribution in [0.5, 0.6) is 0 Å². The highest BCUT2D eigenvalue weighted by Crippen LogP contribution is 2.25. The van der Waals surface area contributed by atoms with Crippen LogP contribution in [0.1, 0.15) is 24.8 Å². The number of nitrogens with one attached hydrogen (secondary N) is 3. The molecule has 7 heteroatoms. The van der Waals surface area contributed by atoms with E-state index in [1.54, 1.807) is 6.82 Å².